The monoisotopic (exact) mass is 331 g/mol. The van der Waals surface area contributed by atoms with E-state index in [2.05, 4.69) is 10.6 Å². The van der Waals surface area contributed by atoms with E-state index in [-0.39, 0.29) is 11.4 Å². The van der Waals surface area contributed by atoms with Gasteiger partial charge in [0.1, 0.15) is 11.5 Å². The molecule has 2 aromatic carbocycles. The maximum absolute atomic E-state index is 13.2. The first-order valence-electron chi connectivity index (χ1n) is 7.77. The molecular formula is C17H18FN3O3. The van der Waals surface area contributed by atoms with Gasteiger partial charge >= 0.3 is 0 Å². The van der Waals surface area contributed by atoms with Gasteiger partial charge in [0, 0.05) is 30.6 Å². The molecule has 7 heteroatoms. The van der Waals surface area contributed by atoms with Crippen molar-refractivity contribution in [3.8, 4) is 0 Å². The Labute approximate surface area is 138 Å². The number of hydrogen-bond acceptors (Lipinski definition) is 5. The number of halogens is 1. The molecule has 0 aliphatic carbocycles. The number of nitrogens with one attached hydrogen (secondary N) is 2. The number of hydrogen-bond donors (Lipinski definition) is 2. The highest BCUT2D eigenvalue weighted by molar-refractivity contribution is 5.70. The fourth-order valence-electron chi connectivity index (χ4n) is 2.64. The first kappa shape index (κ1) is 16.2. The number of nitrogens with zero attached hydrogens (tertiary/aromatic N) is 1. The largest absolute Gasteiger partial charge is 0.382 e. The van der Waals surface area contributed by atoms with E-state index in [1.807, 2.05) is 24.3 Å². The van der Waals surface area contributed by atoms with Crippen LogP contribution in [0.5, 0.6) is 0 Å². The predicted molar refractivity (Wildman–Crippen MR) is 90.2 cm³/mol. The van der Waals surface area contributed by atoms with Crippen molar-refractivity contribution < 1.29 is 14.1 Å². The van der Waals surface area contributed by atoms with Gasteiger partial charge in [-0.2, -0.15) is 0 Å². The third kappa shape index (κ3) is 3.99. The van der Waals surface area contributed by atoms with E-state index in [0.29, 0.717) is 11.7 Å². The van der Waals surface area contributed by atoms with Gasteiger partial charge in [0.25, 0.3) is 5.69 Å². The smallest absolute Gasteiger partial charge is 0.295 e. The zero-order valence-corrected chi connectivity index (χ0v) is 13.0. The Bertz CT molecular complexity index is 716. The third-order valence-corrected chi connectivity index (χ3v) is 3.91. The van der Waals surface area contributed by atoms with Crippen LogP contribution in [0.15, 0.2) is 42.5 Å². The second-order valence-electron chi connectivity index (χ2n) is 5.65. The molecule has 2 N–H and O–H groups in total. The molecule has 0 atom stereocenters. The van der Waals surface area contributed by atoms with Crippen LogP contribution in [0.4, 0.5) is 27.1 Å². The summed E-state index contributed by atoms with van der Waals surface area (Å²) in [6.45, 7) is 1.54. The average Bonchev–Trinajstić information content (AvgIpc) is 2.59. The van der Waals surface area contributed by atoms with E-state index in [9.17, 15) is 14.5 Å². The Morgan fingerprint density at radius 2 is 1.75 bits per heavy atom. The first-order valence-corrected chi connectivity index (χ1v) is 7.77. The van der Waals surface area contributed by atoms with E-state index < -0.39 is 10.7 Å². The van der Waals surface area contributed by atoms with Gasteiger partial charge in [-0.3, -0.25) is 10.1 Å². The Morgan fingerprint density at radius 3 is 2.42 bits per heavy atom. The number of rotatable bonds is 5. The van der Waals surface area contributed by atoms with Gasteiger partial charge in [-0.05, 0) is 49.2 Å². The molecule has 1 saturated heterocycles. The van der Waals surface area contributed by atoms with Gasteiger partial charge in [-0.25, -0.2) is 4.39 Å². The molecule has 1 fully saturated rings. The Balaban J connectivity index is 1.69. The lowest BCUT2D eigenvalue weighted by Gasteiger charge is -2.24. The van der Waals surface area contributed by atoms with E-state index in [0.717, 1.165) is 37.8 Å². The van der Waals surface area contributed by atoms with Crippen LogP contribution >= 0.6 is 0 Å². The lowest BCUT2D eigenvalue weighted by atomic mass is 10.1. The summed E-state index contributed by atoms with van der Waals surface area (Å²) in [6.07, 6.45) is 1.95. The Hall–Kier alpha value is -2.67. The molecular weight excluding hydrogens is 313 g/mol. The minimum Gasteiger partial charge on any atom is -0.382 e. The molecule has 24 heavy (non-hydrogen) atoms. The highest BCUT2D eigenvalue weighted by Crippen LogP contribution is 2.29. The highest BCUT2D eigenvalue weighted by Gasteiger charge is 2.15. The van der Waals surface area contributed by atoms with E-state index in [1.54, 1.807) is 0 Å². The van der Waals surface area contributed by atoms with Gasteiger partial charge in [-0.1, -0.05) is 0 Å². The van der Waals surface area contributed by atoms with Gasteiger partial charge in [-0.15, -0.1) is 0 Å². The third-order valence-electron chi connectivity index (χ3n) is 3.91. The van der Waals surface area contributed by atoms with Crippen LogP contribution in [-0.4, -0.2) is 24.2 Å². The van der Waals surface area contributed by atoms with Gasteiger partial charge in [0.05, 0.1) is 11.0 Å². The Kier molecular flexibility index (Phi) is 4.90. The number of benzene rings is 2. The van der Waals surface area contributed by atoms with Crippen LogP contribution in [0, 0.1) is 15.9 Å². The van der Waals surface area contributed by atoms with Crippen LogP contribution < -0.4 is 10.6 Å². The molecule has 0 amide bonds. The molecule has 0 radical (unpaired) electrons. The van der Waals surface area contributed by atoms with Crippen LogP contribution in [0.2, 0.25) is 0 Å². The second kappa shape index (κ2) is 7.27. The molecule has 2 aromatic rings. The minimum atomic E-state index is -0.636. The number of nitro groups is 1. The lowest BCUT2D eigenvalue weighted by Crippen LogP contribution is -2.27. The summed E-state index contributed by atoms with van der Waals surface area (Å²) < 4.78 is 18.5. The van der Waals surface area contributed by atoms with E-state index in [1.165, 1.54) is 12.1 Å². The molecule has 1 aliphatic rings. The summed E-state index contributed by atoms with van der Waals surface area (Å²) in [6, 6.07) is 11.3. The van der Waals surface area contributed by atoms with Crippen molar-refractivity contribution in [2.45, 2.75) is 18.9 Å². The van der Waals surface area contributed by atoms with Gasteiger partial charge in [0.2, 0.25) is 0 Å². The number of ether oxygens (including phenoxy) is 1. The van der Waals surface area contributed by atoms with Crippen molar-refractivity contribution in [1.29, 1.82) is 0 Å². The molecule has 3 rings (SSSR count). The van der Waals surface area contributed by atoms with Crippen molar-refractivity contribution in [1.82, 2.24) is 0 Å². The lowest BCUT2D eigenvalue weighted by molar-refractivity contribution is -0.384. The molecule has 0 unspecified atom stereocenters. The second-order valence-corrected chi connectivity index (χ2v) is 5.65. The van der Waals surface area contributed by atoms with Gasteiger partial charge < -0.3 is 15.4 Å². The average molecular weight is 331 g/mol. The fourth-order valence-corrected chi connectivity index (χ4v) is 2.64. The molecule has 0 bridgehead atoms. The molecule has 6 nitrogen and oxygen atoms in total. The molecule has 0 aromatic heterocycles. The van der Waals surface area contributed by atoms with Crippen molar-refractivity contribution in [2.75, 3.05) is 23.8 Å². The number of anilines is 3. The summed E-state index contributed by atoms with van der Waals surface area (Å²) in [5.74, 6) is -0.636. The zero-order chi connectivity index (χ0) is 16.9. The van der Waals surface area contributed by atoms with Crippen molar-refractivity contribution in [2.24, 2.45) is 0 Å². The molecule has 1 aliphatic heterocycles. The van der Waals surface area contributed by atoms with E-state index >= 15 is 0 Å². The normalized spacial score (nSPS) is 15.0. The molecule has 1 heterocycles. The van der Waals surface area contributed by atoms with Gasteiger partial charge in [0.15, 0.2) is 0 Å². The highest BCUT2D eigenvalue weighted by atomic mass is 19.1. The van der Waals surface area contributed by atoms with Crippen LogP contribution in [0.25, 0.3) is 0 Å². The zero-order valence-electron chi connectivity index (χ0n) is 13.0. The summed E-state index contributed by atoms with van der Waals surface area (Å²) in [5.41, 5.74) is 1.65. The van der Waals surface area contributed by atoms with Crippen LogP contribution in [-0.2, 0) is 4.74 Å². The molecule has 0 saturated carbocycles. The van der Waals surface area contributed by atoms with Crippen molar-refractivity contribution in [3.63, 3.8) is 0 Å². The molecule has 126 valence electrons. The topological polar surface area (TPSA) is 76.4 Å². The van der Waals surface area contributed by atoms with Crippen molar-refractivity contribution >= 4 is 22.7 Å². The maximum Gasteiger partial charge on any atom is 0.295 e. The van der Waals surface area contributed by atoms with Crippen LogP contribution in [0.1, 0.15) is 12.8 Å². The summed E-state index contributed by atoms with van der Waals surface area (Å²) in [5, 5.41) is 17.4. The van der Waals surface area contributed by atoms with E-state index in [4.69, 9.17) is 4.74 Å². The maximum atomic E-state index is 13.2. The SMILES string of the molecule is O=[N+]([O-])c1cc(F)ccc1Nc1ccc(NC2CCOCC2)cc1. The predicted octanol–water partition coefficient (Wildman–Crippen LogP) is 4.07. The Morgan fingerprint density at radius 1 is 1.08 bits per heavy atom. The minimum absolute atomic E-state index is 0.256. The first-order chi connectivity index (χ1) is 11.6. The quantitative estimate of drug-likeness (QED) is 0.638. The standard InChI is InChI=1S/C17H18FN3O3/c18-12-1-6-16(17(11-12)21(22)23)20-14-4-2-13(3-5-14)19-15-7-9-24-10-8-15/h1-6,11,15,19-20H,7-10H2. The van der Waals surface area contributed by atoms with Crippen molar-refractivity contribution in [3.05, 3.63) is 58.4 Å². The summed E-state index contributed by atoms with van der Waals surface area (Å²) in [7, 11) is 0. The fraction of sp³-hybridized carbons (Fsp3) is 0.294. The summed E-state index contributed by atoms with van der Waals surface area (Å²) >= 11 is 0. The molecule has 0 spiro atoms. The summed E-state index contributed by atoms with van der Waals surface area (Å²) in [4.78, 5) is 10.4. The van der Waals surface area contributed by atoms with Crippen LogP contribution in [0.3, 0.4) is 0 Å². The number of nitro benzene ring substituents is 1.